The summed E-state index contributed by atoms with van der Waals surface area (Å²) in [6, 6.07) is 5.97. The van der Waals surface area contributed by atoms with E-state index < -0.39 is 5.78 Å². The molecule has 1 amide bonds. The molecule has 4 aliphatic carbocycles. The number of hydrogen-bond donors (Lipinski definition) is 1. The van der Waals surface area contributed by atoms with Crippen LogP contribution in [0.25, 0.3) is 0 Å². The van der Waals surface area contributed by atoms with E-state index in [1.165, 1.54) is 27.9 Å². The number of anilines is 1. The molecule has 0 saturated heterocycles. The van der Waals surface area contributed by atoms with Crippen LogP contribution in [0.5, 0.6) is 0 Å². The molecular formula is C28H33N2O3Tl. The van der Waals surface area contributed by atoms with Gasteiger partial charge in [0.2, 0.25) is 0 Å². The second-order valence-electron chi connectivity index (χ2n) is 11.4. The van der Waals surface area contributed by atoms with Crippen molar-refractivity contribution in [1.29, 1.82) is 0 Å². The van der Waals surface area contributed by atoms with Gasteiger partial charge in [-0.2, -0.15) is 0 Å². The molecule has 1 N–H and O–H groups in total. The number of hydrogen-bond acceptors (Lipinski definition) is 3. The van der Waals surface area contributed by atoms with Crippen LogP contribution in [0.15, 0.2) is 18.2 Å². The minimum atomic E-state index is -0.435. The number of amides is 1. The zero-order chi connectivity index (χ0) is 24.4. The third kappa shape index (κ3) is 4.12. The van der Waals surface area contributed by atoms with Crippen molar-refractivity contribution in [3.63, 3.8) is 0 Å². The Hall–Kier alpha value is -1.77. The topological polar surface area (TPSA) is 68.2 Å². The molecule has 0 unspecified atom stereocenters. The molecule has 4 aliphatic rings. The molecule has 4 bridgehead atoms. The summed E-state index contributed by atoms with van der Waals surface area (Å²) >= 11 is 0.748. The summed E-state index contributed by atoms with van der Waals surface area (Å²) < 4.78 is 3.06. The number of nitrogens with one attached hydrogen (secondary N) is 1. The predicted molar refractivity (Wildman–Crippen MR) is 134 cm³/mol. The molecule has 1 aromatic heterocycles. The van der Waals surface area contributed by atoms with Gasteiger partial charge in [0.05, 0.1) is 0 Å². The zero-order valence-electron chi connectivity index (χ0n) is 20.7. The summed E-state index contributed by atoms with van der Waals surface area (Å²) in [5, 5.41) is 2.99. The number of rotatable bonds is 6. The summed E-state index contributed by atoms with van der Waals surface area (Å²) in [6.45, 7) is 5.69. The molecule has 6 rings (SSSR count). The van der Waals surface area contributed by atoms with Crippen LogP contribution in [0.1, 0.15) is 82.6 Å². The van der Waals surface area contributed by atoms with Gasteiger partial charge in [-0.15, -0.1) is 0 Å². The molecule has 176 valence electrons. The molecule has 5 nitrogen and oxygen atoms in total. The number of nitrogens with zero attached hydrogens (tertiary/aromatic N) is 1. The van der Waals surface area contributed by atoms with E-state index in [4.69, 9.17) is 0 Å². The maximum atomic E-state index is 13.4. The number of Topliss-reactive ketones (excluding diaryl/α,β-unsaturated/α-hetero) is 2. The van der Waals surface area contributed by atoms with Crippen LogP contribution in [-0.4, -0.2) is 47.8 Å². The van der Waals surface area contributed by atoms with Crippen molar-refractivity contribution in [3.8, 4) is 0 Å². The number of carbonyl (C=O) groups is 3. The molecule has 0 aliphatic heterocycles. The van der Waals surface area contributed by atoms with E-state index in [-0.39, 0.29) is 17.1 Å². The molecule has 4 fully saturated rings. The minimum absolute atomic E-state index is 0.0303. The first-order chi connectivity index (χ1) is 16.1. The molecule has 0 spiro atoms. The molecule has 1 heterocycles. The fourth-order valence-corrected chi connectivity index (χ4v) is 8.34. The number of benzene rings is 1. The van der Waals surface area contributed by atoms with Gasteiger partial charge in [0.25, 0.3) is 0 Å². The number of aromatic nitrogens is 1. The predicted octanol–water partition coefficient (Wildman–Crippen LogP) is 4.35. The molecule has 1 aromatic carbocycles. The van der Waals surface area contributed by atoms with E-state index in [0.29, 0.717) is 28.9 Å². The first kappa shape index (κ1) is 23.9. The van der Waals surface area contributed by atoms with Crippen molar-refractivity contribution in [2.24, 2.45) is 30.2 Å². The maximum absolute atomic E-state index is 13.4. The fraction of sp³-hybridized carbons (Fsp3) is 0.536. The Kier molecular flexibility index (Phi) is 6.14. The molecule has 4 saturated carbocycles. The molecule has 0 atom stereocenters. The number of ketones is 2. The molecule has 2 aromatic rings. The van der Waals surface area contributed by atoms with Gasteiger partial charge in [-0.1, -0.05) is 0 Å². The molecule has 34 heavy (non-hydrogen) atoms. The standard InChI is InChI=1S/C28H33N2O3.Tl/c1-16-6-5-7-22(8-16)29-27(33)24-17(2)25(30(4)18(24)3)26(32)23(31)15-28-12-19-9-20(13-28)11-21(10-19)14-28;/h5,7-8,19-21H,9-15H2,1-4H3,(H,29,33);. The third-order valence-electron chi connectivity index (χ3n) is 8.85. The van der Waals surface area contributed by atoms with Gasteiger partial charge < -0.3 is 0 Å². The summed E-state index contributed by atoms with van der Waals surface area (Å²) in [6.07, 6.45) is 7.64. The van der Waals surface area contributed by atoms with Gasteiger partial charge in [0, 0.05) is 0 Å². The normalized spacial score (nSPS) is 27.1. The third-order valence-corrected chi connectivity index (χ3v) is 11.4. The van der Waals surface area contributed by atoms with Crippen LogP contribution in [0.4, 0.5) is 5.69 Å². The second-order valence-corrected chi connectivity index (χ2v) is 13.8. The second kappa shape index (κ2) is 8.71. The quantitative estimate of drug-likeness (QED) is 0.288. The van der Waals surface area contributed by atoms with E-state index in [1.807, 2.05) is 19.1 Å². The summed E-state index contributed by atoms with van der Waals surface area (Å²) in [4.78, 5) is 40.0. The Morgan fingerprint density at radius 1 is 1.03 bits per heavy atom. The van der Waals surface area contributed by atoms with Crippen LogP contribution in [0, 0.1) is 43.9 Å². The van der Waals surface area contributed by atoms with Gasteiger partial charge >= 0.3 is 157 Å². The van der Waals surface area contributed by atoms with Crippen LogP contribution in [-0.2, 0) is 11.8 Å². The average Bonchev–Trinajstić information content (AvgIpc) is 2.97. The van der Waals surface area contributed by atoms with E-state index in [1.54, 1.807) is 18.5 Å². The first-order valence-electron chi connectivity index (χ1n) is 12.5. The number of carbonyl (C=O) groups excluding carboxylic acids is 3. The Morgan fingerprint density at radius 2 is 1.62 bits per heavy atom. The van der Waals surface area contributed by atoms with E-state index in [0.717, 1.165) is 68.5 Å². The van der Waals surface area contributed by atoms with Crippen molar-refractivity contribution in [1.82, 2.24) is 4.57 Å². The Labute approximate surface area is 217 Å². The van der Waals surface area contributed by atoms with Gasteiger partial charge in [-0.3, -0.25) is 0 Å². The van der Waals surface area contributed by atoms with Crippen LogP contribution in [0.3, 0.4) is 0 Å². The van der Waals surface area contributed by atoms with Crippen molar-refractivity contribution in [3.05, 3.63) is 46.3 Å². The van der Waals surface area contributed by atoms with Crippen LogP contribution >= 0.6 is 0 Å². The van der Waals surface area contributed by atoms with E-state index in [9.17, 15) is 14.4 Å². The zero-order valence-corrected chi connectivity index (χ0v) is 25.2. The van der Waals surface area contributed by atoms with Crippen LogP contribution < -0.4 is 8.44 Å². The SMILES string of the molecule is Cc1cc(NC(=O)c2c(C)c(C(=O)C(=O)CC34CC5CC(CC(C5)C3)C4)n(C)c2C)cc[c]1[Tl]. The van der Waals surface area contributed by atoms with Gasteiger partial charge in [0.15, 0.2) is 0 Å². The van der Waals surface area contributed by atoms with Gasteiger partial charge in [-0.05, 0) is 61.7 Å². The van der Waals surface area contributed by atoms with Gasteiger partial charge in [0.1, 0.15) is 0 Å². The Balaban J connectivity index is 1.37. The first-order valence-corrected chi connectivity index (χ1v) is 14.7. The summed E-state index contributed by atoms with van der Waals surface area (Å²) in [5.74, 6) is 1.29. The van der Waals surface area contributed by atoms with Crippen molar-refractivity contribution >= 4 is 52.1 Å². The number of aryl methyl sites for hydroxylation is 1. The van der Waals surface area contributed by atoms with Crippen molar-refractivity contribution in [2.45, 2.75) is 65.7 Å². The summed E-state index contributed by atoms with van der Waals surface area (Å²) in [7, 11) is 1.78. The molecule has 0 radical (unpaired) electrons. The monoisotopic (exact) mass is 650 g/mol. The molecule has 6 heteroatoms. The van der Waals surface area contributed by atoms with E-state index in [2.05, 4.69) is 18.3 Å². The Morgan fingerprint density at radius 3 is 2.18 bits per heavy atom. The van der Waals surface area contributed by atoms with Crippen LogP contribution in [0.2, 0.25) is 0 Å². The fourth-order valence-electron chi connectivity index (χ4n) is 7.64. The van der Waals surface area contributed by atoms with Crippen molar-refractivity contribution in [2.75, 3.05) is 5.32 Å². The van der Waals surface area contributed by atoms with Crippen molar-refractivity contribution < 1.29 is 14.4 Å². The van der Waals surface area contributed by atoms with Gasteiger partial charge in [-0.25, -0.2) is 0 Å². The molecular weight excluding hydrogens is 617 g/mol. The Bertz CT molecular complexity index is 1170. The summed E-state index contributed by atoms with van der Waals surface area (Å²) in [5.41, 5.74) is 4.11. The van der Waals surface area contributed by atoms with E-state index >= 15 is 0 Å². The average molecular weight is 650 g/mol.